The first-order valence-electron chi connectivity index (χ1n) is 5.86. The fourth-order valence-electron chi connectivity index (χ4n) is 2.51. The standard InChI is InChI=1S/C15H10ClNO/c16-13-3-1-2-9-6-11-12-8-17-5-4-14(12)18-15(11)7-10(9)13/h1-7,17H,8H2. The second-order valence-electron chi connectivity index (χ2n) is 4.47. The fraction of sp³-hybridized carbons (Fsp3) is 0.0667. The van der Waals surface area contributed by atoms with Crippen LogP contribution in [-0.4, -0.2) is 0 Å². The number of furan rings is 1. The van der Waals surface area contributed by atoms with Crippen molar-refractivity contribution in [3.8, 4) is 0 Å². The van der Waals surface area contributed by atoms with E-state index in [9.17, 15) is 0 Å². The number of halogens is 1. The molecule has 0 aliphatic carbocycles. The van der Waals surface area contributed by atoms with E-state index in [1.54, 1.807) is 0 Å². The monoisotopic (exact) mass is 255 g/mol. The van der Waals surface area contributed by atoms with Crippen molar-refractivity contribution in [2.45, 2.75) is 6.54 Å². The Labute approximate surface area is 109 Å². The zero-order valence-corrected chi connectivity index (χ0v) is 10.3. The SMILES string of the molecule is Clc1cccc2cc3c4c(oc3cc12)C=CNC4. The molecule has 4 rings (SSSR count). The third kappa shape index (κ3) is 1.30. The highest BCUT2D eigenvalue weighted by Crippen LogP contribution is 2.34. The highest BCUT2D eigenvalue weighted by Gasteiger charge is 2.15. The summed E-state index contributed by atoms with van der Waals surface area (Å²) in [7, 11) is 0. The van der Waals surface area contributed by atoms with Gasteiger partial charge >= 0.3 is 0 Å². The van der Waals surface area contributed by atoms with Gasteiger partial charge in [-0.1, -0.05) is 23.7 Å². The number of benzene rings is 2. The van der Waals surface area contributed by atoms with Crippen LogP contribution in [0.2, 0.25) is 5.02 Å². The Hall–Kier alpha value is -1.93. The van der Waals surface area contributed by atoms with Crippen LogP contribution in [0, 0.1) is 0 Å². The normalized spacial score (nSPS) is 13.8. The Balaban J connectivity index is 2.16. The zero-order valence-electron chi connectivity index (χ0n) is 9.53. The molecule has 2 aromatic carbocycles. The zero-order chi connectivity index (χ0) is 12.1. The van der Waals surface area contributed by atoms with Gasteiger partial charge in [0.1, 0.15) is 11.3 Å². The van der Waals surface area contributed by atoms with Crippen LogP contribution in [0.3, 0.4) is 0 Å². The summed E-state index contributed by atoms with van der Waals surface area (Å²) in [5.74, 6) is 0.940. The molecular formula is C15H10ClNO. The lowest BCUT2D eigenvalue weighted by Crippen LogP contribution is -2.08. The van der Waals surface area contributed by atoms with Crippen molar-refractivity contribution >= 4 is 39.4 Å². The van der Waals surface area contributed by atoms with E-state index < -0.39 is 0 Å². The van der Waals surface area contributed by atoms with Crippen molar-refractivity contribution in [3.05, 3.63) is 52.9 Å². The van der Waals surface area contributed by atoms with Crippen molar-refractivity contribution in [2.75, 3.05) is 0 Å². The van der Waals surface area contributed by atoms with Gasteiger partial charge in [0.2, 0.25) is 0 Å². The van der Waals surface area contributed by atoms with Gasteiger partial charge in [-0.2, -0.15) is 0 Å². The molecule has 1 aliphatic rings. The molecule has 1 aliphatic heterocycles. The Morgan fingerprint density at radius 3 is 3.06 bits per heavy atom. The van der Waals surface area contributed by atoms with E-state index in [2.05, 4.69) is 17.4 Å². The number of hydrogen-bond donors (Lipinski definition) is 1. The Morgan fingerprint density at radius 1 is 1.17 bits per heavy atom. The van der Waals surface area contributed by atoms with Crippen LogP contribution in [0.4, 0.5) is 0 Å². The van der Waals surface area contributed by atoms with Crippen LogP contribution < -0.4 is 5.32 Å². The molecule has 0 unspecified atom stereocenters. The number of nitrogens with one attached hydrogen (secondary N) is 1. The molecule has 0 atom stereocenters. The van der Waals surface area contributed by atoms with Gasteiger partial charge in [0.25, 0.3) is 0 Å². The number of rotatable bonds is 0. The predicted molar refractivity (Wildman–Crippen MR) is 74.6 cm³/mol. The summed E-state index contributed by atoms with van der Waals surface area (Å²) in [5, 5.41) is 7.32. The van der Waals surface area contributed by atoms with Gasteiger partial charge in [-0.15, -0.1) is 0 Å². The van der Waals surface area contributed by atoms with Crippen molar-refractivity contribution < 1.29 is 4.42 Å². The quantitative estimate of drug-likeness (QED) is 0.647. The molecule has 18 heavy (non-hydrogen) atoms. The van der Waals surface area contributed by atoms with Gasteiger partial charge in [0.15, 0.2) is 0 Å². The molecule has 1 aromatic heterocycles. The molecule has 1 N–H and O–H groups in total. The summed E-state index contributed by atoms with van der Waals surface area (Å²) in [6, 6.07) is 10.1. The topological polar surface area (TPSA) is 25.2 Å². The van der Waals surface area contributed by atoms with E-state index in [-0.39, 0.29) is 0 Å². The van der Waals surface area contributed by atoms with Crippen molar-refractivity contribution in [1.29, 1.82) is 0 Å². The lowest BCUT2D eigenvalue weighted by molar-refractivity contribution is 0.592. The molecule has 2 nitrogen and oxygen atoms in total. The first-order valence-corrected chi connectivity index (χ1v) is 6.24. The maximum absolute atomic E-state index is 6.22. The van der Waals surface area contributed by atoms with E-state index >= 15 is 0 Å². The smallest absolute Gasteiger partial charge is 0.135 e. The maximum Gasteiger partial charge on any atom is 0.135 e. The second kappa shape index (κ2) is 3.53. The number of fused-ring (bicyclic) bond motifs is 4. The summed E-state index contributed by atoms with van der Waals surface area (Å²) in [4.78, 5) is 0. The molecule has 0 fully saturated rings. The lowest BCUT2D eigenvalue weighted by Gasteiger charge is -2.05. The highest BCUT2D eigenvalue weighted by molar-refractivity contribution is 6.35. The first kappa shape index (κ1) is 10.0. The van der Waals surface area contributed by atoms with E-state index in [0.29, 0.717) is 0 Å². The predicted octanol–water partition coefficient (Wildman–Crippen LogP) is 4.31. The van der Waals surface area contributed by atoms with Crippen LogP contribution in [-0.2, 0) is 6.54 Å². The Morgan fingerprint density at radius 2 is 2.11 bits per heavy atom. The molecule has 88 valence electrons. The van der Waals surface area contributed by atoms with Gasteiger partial charge in [-0.25, -0.2) is 0 Å². The molecule has 0 spiro atoms. The summed E-state index contributed by atoms with van der Waals surface area (Å²) in [5.41, 5.74) is 2.11. The third-order valence-corrected chi connectivity index (χ3v) is 3.73. The maximum atomic E-state index is 6.22. The summed E-state index contributed by atoms with van der Waals surface area (Å²) in [6.07, 6.45) is 3.88. The van der Waals surface area contributed by atoms with Crippen LogP contribution in [0.15, 0.2) is 40.9 Å². The van der Waals surface area contributed by atoms with Gasteiger partial charge in [-0.3, -0.25) is 0 Å². The van der Waals surface area contributed by atoms with Crippen LogP contribution >= 0.6 is 11.6 Å². The van der Waals surface area contributed by atoms with Gasteiger partial charge < -0.3 is 9.73 Å². The largest absolute Gasteiger partial charge is 0.456 e. The highest BCUT2D eigenvalue weighted by atomic mass is 35.5. The molecule has 0 saturated carbocycles. The minimum Gasteiger partial charge on any atom is -0.456 e. The molecule has 3 heteroatoms. The van der Waals surface area contributed by atoms with Crippen molar-refractivity contribution in [2.24, 2.45) is 0 Å². The van der Waals surface area contributed by atoms with Crippen LogP contribution in [0.1, 0.15) is 11.3 Å². The molecule has 0 bridgehead atoms. The molecule has 0 amide bonds. The van der Waals surface area contributed by atoms with Crippen molar-refractivity contribution in [3.63, 3.8) is 0 Å². The first-order chi connectivity index (χ1) is 8.83. The molecular weight excluding hydrogens is 246 g/mol. The molecule has 2 heterocycles. The lowest BCUT2D eigenvalue weighted by atomic mass is 10.0. The van der Waals surface area contributed by atoms with E-state index in [4.69, 9.17) is 16.0 Å². The minimum atomic E-state index is 0.762. The fourth-order valence-corrected chi connectivity index (χ4v) is 2.75. The van der Waals surface area contributed by atoms with E-state index in [1.165, 1.54) is 5.56 Å². The molecule has 0 radical (unpaired) electrons. The number of hydrogen-bond acceptors (Lipinski definition) is 2. The second-order valence-corrected chi connectivity index (χ2v) is 4.88. The van der Waals surface area contributed by atoms with Crippen LogP contribution in [0.5, 0.6) is 0 Å². The van der Waals surface area contributed by atoms with E-state index in [0.717, 1.165) is 39.1 Å². The Kier molecular flexibility index (Phi) is 1.97. The van der Waals surface area contributed by atoms with Crippen molar-refractivity contribution in [1.82, 2.24) is 5.32 Å². The third-order valence-electron chi connectivity index (χ3n) is 3.40. The Bertz CT molecular complexity index is 801. The average Bonchev–Trinajstić information content (AvgIpc) is 2.75. The van der Waals surface area contributed by atoms with Gasteiger partial charge in [-0.05, 0) is 29.7 Å². The van der Waals surface area contributed by atoms with Gasteiger partial charge in [0, 0.05) is 34.1 Å². The summed E-state index contributed by atoms with van der Waals surface area (Å²) < 4.78 is 5.87. The summed E-state index contributed by atoms with van der Waals surface area (Å²) >= 11 is 6.22. The van der Waals surface area contributed by atoms with Crippen LogP contribution in [0.25, 0.3) is 27.8 Å². The average molecular weight is 256 g/mol. The van der Waals surface area contributed by atoms with E-state index in [1.807, 2.05) is 30.5 Å². The minimum absolute atomic E-state index is 0.762. The molecule has 3 aromatic rings. The summed E-state index contributed by atoms with van der Waals surface area (Å²) in [6.45, 7) is 0.810. The van der Waals surface area contributed by atoms with Gasteiger partial charge in [0.05, 0.1) is 0 Å². The molecule has 0 saturated heterocycles.